The van der Waals surface area contributed by atoms with Crippen LogP contribution in [0.15, 0.2) is 96.2 Å². The highest BCUT2D eigenvalue weighted by Crippen LogP contribution is 2.42. The van der Waals surface area contributed by atoms with E-state index >= 15 is 0 Å². The number of aromatic hydroxyl groups is 1. The van der Waals surface area contributed by atoms with E-state index in [1.807, 2.05) is 60.7 Å². The second kappa shape index (κ2) is 13.9. The summed E-state index contributed by atoms with van der Waals surface area (Å²) in [6, 6.07) is 22.1. The van der Waals surface area contributed by atoms with Gasteiger partial charge in [-0.2, -0.15) is 0 Å². The molecular formula is C34H34ClN3O7S. The Morgan fingerprint density at radius 2 is 1.54 bits per heavy atom. The van der Waals surface area contributed by atoms with Gasteiger partial charge in [-0.1, -0.05) is 72.8 Å². The van der Waals surface area contributed by atoms with E-state index < -0.39 is 53.0 Å². The van der Waals surface area contributed by atoms with Crippen molar-refractivity contribution in [2.45, 2.75) is 49.9 Å². The number of benzene rings is 3. The van der Waals surface area contributed by atoms with Gasteiger partial charge in [-0.05, 0) is 55.2 Å². The van der Waals surface area contributed by atoms with E-state index in [-0.39, 0.29) is 17.3 Å². The highest BCUT2D eigenvalue weighted by Gasteiger charge is 2.55. The molecule has 3 N–H and O–H groups in total. The summed E-state index contributed by atoms with van der Waals surface area (Å²) in [5.41, 5.74) is 1.67. The van der Waals surface area contributed by atoms with Crippen LogP contribution in [0.25, 0.3) is 0 Å². The van der Waals surface area contributed by atoms with Crippen LogP contribution in [0.3, 0.4) is 0 Å². The van der Waals surface area contributed by atoms with Gasteiger partial charge in [-0.25, -0.2) is 9.59 Å². The standard InChI is InChI=1S/C34H34ClN3O7S/c1-34(2,3)45-33(43)37-25(20-14-16-24(39)17-15-20)29(40)36-26-30(41)38-27(23(18-35)19-46-31(26)38)32(42)44-28(21-10-6-4-7-11-21)22-12-8-5-9-13-22/h4-17,25-26,28,31,39H,18-19H2,1-3H3,(H,36,40)(H,37,43)/t25?,26?,31-/m0/s1. The number of fused-ring (bicyclic) bond motifs is 1. The molecule has 0 bridgehead atoms. The number of alkyl halides is 1. The molecule has 2 unspecified atom stereocenters. The number of β-lactam (4-membered cyclic amide) rings is 1. The number of amides is 3. The highest BCUT2D eigenvalue weighted by atomic mass is 35.5. The Hall–Kier alpha value is -4.48. The summed E-state index contributed by atoms with van der Waals surface area (Å²) >= 11 is 7.61. The summed E-state index contributed by atoms with van der Waals surface area (Å²) < 4.78 is 11.4. The molecule has 0 aromatic heterocycles. The van der Waals surface area contributed by atoms with Gasteiger partial charge in [-0.3, -0.25) is 14.5 Å². The summed E-state index contributed by atoms with van der Waals surface area (Å²) in [4.78, 5) is 55.0. The fourth-order valence-electron chi connectivity index (χ4n) is 5.15. The molecule has 3 atom stereocenters. The van der Waals surface area contributed by atoms with Crippen LogP contribution in [-0.4, -0.2) is 62.5 Å². The molecule has 3 amide bonds. The van der Waals surface area contributed by atoms with Gasteiger partial charge in [0.25, 0.3) is 5.91 Å². The van der Waals surface area contributed by atoms with E-state index in [4.69, 9.17) is 21.1 Å². The fraction of sp³-hybridized carbons (Fsp3) is 0.294. The molecule has 0 saturated carbocycles. The molecule has 46 heavy (non-hydrogen) atoms. The molecule has 0 spiro atoms. The minimum atomic E-state index is -1.23. The Morgan fingerprint density at radius 1 is 0.957 bits per heavy atom. The summed E-state index contributed by atoms with van der Waals surface area (Å²) in [5.74, 6) is -1.56. The first-order valence-corrected chi connectivity index (χ1v) is 16.2. The Labute approximate surface area is 276 Å². The third-order valence-electron chi connectivity index (χ3n) is 7.28. The number of thioether (sulfide) groups is 1. The third kappa shape index (κ3) is 7.32. The number of carbonyl (C=O) groups is 4. The lowest BCUT2D eigenvalue weighted by Crippen LogP contribution is -2.71. The molecule has 12 heteroatoms. The average molecular weight is 664 g/mol. The largest absolute Gasteiger partial charge is 0.508 e. The number of carbonyl (C=O) groups excluding carboxylic acids is 4. The maximum absolute atomic E-state index is 13.8. The van der Waals surface area contributed by atoms with E-state index in [0.717, 1.165) is 11.1 Å². The second-order valence-electron chi connectivity index (χ2n) is 11.8. The fourth-order valence-corrected chi connectivity index (χ4v) is 6.83. The van der Waals surface area contributed by atoms with Crippen molar-refractivity contribution in [2.24, 2.45) is 0 Å². The number of nitrogens with one attached hydrogen (secondary N) is 2. The molecule has 2 aliphatic heterocycles. The quantitative estimate of drug-likeness (QED) is 0.162. The molecule has 2 aliphatic rings. The van der Waals surface area contributed by atoms with Gasteiger partial charge < -0.3 is 25.2 Å². The van der Waals surface area contributed by atoms with Gasteiger partial charge >= 0.3 is 12.1 Å². The zero-order chi connectivity index (χ0) is 33.0. The van der Waals surface area contributed by atoms with Crippen molar-refractivity contribution >= 4 is 47.2 Å². The Kier molecular flexibility index (Phi) is 9.93. The second-order valence-corrected chi connectivity index (χ2v) is 13.1. The van der Waals surface area contributed by atoms with Crippen LogP contribution in [0, 0.1) is 0 Å². The van der Waals surface area contributed by atoms with E-state index in [2.05, 4.69) is 10.6 Å². The van der Waals surface area contributed by atoms with Gasteiger partial charge in [0.1, 0.15) is 34.5 Å². The van der Waals surface area contributed by atoms with E-state index in [1.165, 1.54) is 40.9 Å². The number of esters is 1. The molecule has 2 heterocycles. The summed E-state index contributed by atoms with van der Waals surface area (Å²) in [5, 5.41) is 14.4. The molecule has 240 valence electrons. The molecule has 10 nitrogen and oxygen atoms in total. The van der Waals surface area contributed by atoms with E-state index in [0.29, 0.717) is 16.9 Å². The molecule has 0 aliphatic carbocycles. The predicted molar refractivity (Wildman–Crippen MR) is 174 cm³/mol. The number of ether oxygens (including phenoxy) is 2. The zero-order valence-electron chi connectivity index (χ0n) is 25.4. The summed E-state index contributed by atoms with van der Waals surface area (Å²) in [6.07, 6.45) is -1.57. The van der Waals surface area contributed by atoms with Crippen molar-refractivity contribution in [1.29, 1.82) is 0 Å². The van der Waals surface area contributed by atoms with Crippen LogP contribution in [-0.2, 0) is 23.9 Å². The molecule has 0 radical (unpaired) electrons. The van der Waals surface area contributed by atoms with Gasteiger partial charge in [0.15, 0.2) is 6.10 Å². The van der Waals surface area contributed by atoms with Gasteiger partial charge in [0.05, 0.1) is 0 Å². The predicted octanol–water partition coefficient (Wildman–Crippen LogP) is 5.18. The monoisotopic (exact) mass is 663 g/mol. The number of nitrogens with zero attached hydrogens (tertiary/aromatic N) is 1. The summed E-state index contributed by atoms with van der Waals surface area (Å²) in [6.45, 7) is 5.08. The van der Waals surface area contributed by atoms with Crippen LogP contribution in [0.4, 0.5) is 4.79 Å². The lowest BCUT2D eigenvalue weighted by Gasteiger charge is -2.50. The maximum atomic E-state index is 13.8. The smallest absolute Gasteiger partial charge is 0.408 e. The van der Waals surface area contributed by atoms with Crippen molar-refractivity contribution in [2.75, 3.05) is 11.6 Å². The third-order valence-corrected chi connectivity index (χ3v) is 8.94. The van der Waals surface area contributed by atoms with E-state index in [1.54, 1.807) is 20.8 Å². The van der Waals surface area contributed by atoms with Crippen molar-refractivity contribution in [3.8, 4) is 5.75 Å². The topological polar surface area (TPSA) is 134 Å². The van der Waals surface area contributed by atoms with Gasteiger partial charge in [0.2, 0.25) is 5.91 Å². The first kappa shape index (κ1) is 32.9. The van der Waals surface area contributed by atoms with Crippen molar-refractivity contribution in [1.82, 2.24) is 15.5 Å². The molecule has 3 aromatic carbocycles. The van der Waals surface area contributed by atoms with Crippen molar-refractivity contribution < 1.29 is 33.8 Å². The molecular weight excluding hydrogens is 630 g/mol. The molecule has 3 aromatic rings. The normalized spacial score (nSPS) is 18.3. The number of phenolic OH excluding ortho intramolecular Hbond substituents is 1. The Morgan fingerprint density at radius 3 is 2.09 bits per heavy atom. The number of alkyl carbamates (subject to hydrolysis) is 1. The van der Waals surface area contributed by atoms with Crippen LogP contribution in [0.5, 0.6) is 5.75 Å². The molecule has 1 saturated heterocycles. The zero-order valence-corrected chi connectivity index (χ0v) is 27.0. The van der Waals surface area contributed by atoms with Crippen LogP contribution in [0.2, 0.25) is 0 Å². The number of phenols is 1. The number of halogens is 1. The Balaban J connectivity index is 1.36. The first-order valence-electron chi connectivity index (χ1n) is 14.6. The maximum Gasteiger partial charge on any atom is 0.408 e. The summed E-state index contributed by atoms with van der Waals surface area (Å²) in [7, 11) is 0. The number of hydrogen-bond acceptors (Lipinski definition) is 8. The van der Waals surface area contributed by atoms with Gasteiger partial charge in [-0.15, -0.1) is 23.4 Å². The molecule has 5 rings (SSSR count). The average Bonchev–Trinajstić information content (AvgIpc) is 3.04. The highest BCUT2D eigenvalue weighted by molar-refractivity contribution is 8.00. The molecule has 1 fully saturated rings. The number of rotatable bonds is 9. The first-order chi connectivity index (χ1) is 22.0. The Bertz CT molecular complexity index is 1590. The SMILES string of the molecule is CC(C)(C)OC(=O)NC(C(=O)NC1C(=O)N2C(C(=O)OC(c3ccccc3)c3ccccc3)=C(CCl)CS[C@@H]12)c1ccc(O)cc1. The van der Waals surface area contributed by atoms with Crippen molar-refractivity contribution in [3.05, 3.63) is 113 Å². The van der Waals surface area contributed by atoms with E-state index in [9.17, 15) is 24.3 Å². The van der Waals surface area contributed by atoms with Crippen LogP contribution < -0.4 is 10.6 Å². The van der Waals surface area contributed by atoms with Crippen LogP contribution >= 0.6 is 23.4 Å². The lowest BCUT2D eigenvalue weighted by atomic mass is 10.00. The minimum Gasteiger partial charge on any atom is -0.508 e. The van der Waals surface area contributed by atoms with Crippen molar-refractivity contribution in [3.63, 3.8) is 0 Å². The lowest BCUT2D eigenvalue weighted by molar-refractivity contribution is -0.154. The minimum absolute atomic E-state index is 0.00896. The van der Waals surface area contributed by atoms with Crippen LogP contribution in [0.1, 0.15) is 49.6 Å². The van der Waals surface area contributed by atoms with Gasteiger partial charge in [0, 0.05) is 11.6 Å². The number of hydrogen-bond donors (Lipinski definition) is 3.